The van der Waals surface area contributed by atoms with E-state index in [1.165, 1.54) is 10.8 Å². The van der Waals surface area contributed by atoms with Crippen LogP contribution in [0.4, 0.5) is 5.82 Å². The second kappa shape index (κ2) is 8.29. The minimum Gasteiger partial charge on any atom is -0.379 e. The normalized spacial score (nSPS) is 15.0. The van der Waals surface area contributed by atoms with Crippen LogP contribution in [0.15, 0.2) is 48.7 Å². The summed E-state index contributed by atoms with van der Waals surface area (Å²) in [6, 6.07) is 14.5. The van der Waals surface area contributed by atoms with Crippen LogP contribution in [0.25, 0.3) is 16.5 Å². The van der Waals surface area contributed by atoms with E-state index >= 15 is 0 Å². The Hall–Kier alpha value is -2.15. The average Bonchev–Trinajstić information content (AvgIpc) is 3.11. The Balaban J connectivity index is 0.00000182. The van der Waals surface area contributed by atoms with Gasteiger partial charge in [0, 0.05) is 31.6 Å². The molecule has 1 saturated heterocycles. The SMILES string of the molecule is Cl.c1ccc2c(-n3cc(NCCN4CCOCC4)nn3)cccc2c1. The van der Waals surface area contributed by atoms with Gasteiger partial charge in [-0.25, -0.2) is 4.68 Å². The van der Waals surface area contributed by atoms with Gasteiger partial charge < -0.3 is 10.1 Å². The minimum absolute atomic E-state index is 0. The number of halogens is 1. The lowest BCUT2D eigenvalue weighted by Gasteiger charge is -2.26. The summed E-state index contributed by atoms with van der Waals surface area (Å²) >= 11 is 0. The first-order valence-electron chi connectivity index (χ1n) is 8.35. The van der Waals surface area contributed by atoms with Crippen molar-refractivity contribution in [2.45, 2.75) is 0 Å². The average molecular weight is 360 g/mol. The molecule has 0 saturated carbocycles. The molecule has 0 atom stereocenters. The van der Waals surface area contributed by atoms with Crippen molar-refractivity contribution in [2.75, 3.05) is 44.7 Å². The van der Waals surface area contributed by atoms with Crippen molar-refractivity contribution < 1.29 is 4.74 Å². The van der Waals surface area contributed by atoms with Crippen molar-refractivity contribution >= 4 is 29.0 Å². The number of hydrogen-bond donors (Lipinski definition) is 1. The number of benzene rings is 2. The quantitative estimate of drug-likeness (QED) is 0.758. The van der Waals surface area contributed by atoms with Gasteiger partial charge in [0.15, 0.2) is 5.82 Å². The molecule has 0 bridgehead atoms. The van der Waals surface area contributed by atoms with Gasteiger partial charge in [-0.1, -0.05) is 41.6 Å². The maximum Gasteiger partial charge on any atom is 0.169 e. The molecule has 3 aromatic rings. The van der Waals surface area contributed by atoms with Gasteiger partial charge in [0.2, 0.25) is 0 Å². The van der Waals surface area contributed by atoms with Crippen LogP contribution in [-0.2, 0) is 4.74 Å². The van der Waals surface area contributed by atoms with Gasteiger partial charge in [-0.2, -0.15) is 0 Å². The lowest BCUT2D eigenvalue weighted by atomic mass is 10.1. The van der Waals surface area contributed by atoms with Gasteiger partial charge in [-0.3, -0.25) is 4.90 Å². The fourth-order valence-electron chi connectivity index (χ4n) is 3.04. The van der Waals surface area contributed by atoms with Gasteiger partial charge in [0.1, 0.15) is 0 Å². The van der Waals surface area contributed by atoms with Crippen molar-refractivity contribution in [3.63, 3.8) is 0 Å². The predicted octanol–water partition coefficient (Wildman–Crippen LogP) is 2.59. The van der Waals surface area contributed by atoms with Gasteiger partial charge in [-0.15, -0.1) is 17.5 Å². The fourth-order valence-corrected chi connectivity index (χ4v) is 3.04. The molecule has 0 aliphatic carbocycles. The van der Waals surface area contributed by atoms with Crippen LogP contribution in [0.2, 0.25) is 0 Å². The van der Waals surface area contributed by atoms with Crippen LogP contribution in [0.3, 0.4) is 0 Å². The molecule has 0 amide bonds. The van der Waals surface area contributed by atoms with Crippen molar-refractivity contribution in [3.8, 4) is 5.69 Å². The third-order valence-electron chi connectivity index (χ3n) is 4.34. The highest BCUT2D eigenvalue weighted by atomic mass is 35.5. The summed E-state index contributed by atoms with van der Waals surface area (Å²) in [5, 5.41) is 14.2. The molecule has 1 aliphatic rings. The molecule has 4 rings (SSSR count). The number of hydrogen-bond acceptors (Lipinski definition) is 5. The van der Waals surface area contributed by atoms with E-state index in [2.05, 4.69) is 44.8 Å². The summed E-state index contributed by atoms with van der Waals surface area (Å²) < 4.78 is 7.20. The van der Waals surface area contributed by atoms with E-state index in [0.717, 1.165) is 50.9 Å². The molecular weight excluding hydrogens is 338 g/mol. The standard InChI is InChI=1S/C18H21N5O.ClH/c1-2-6-16-15(4-1)5-3-7-17(16)23-14-18(20-21-23)19-8-9-22-10-12-24-13-11-22;/h1-7,14,19H,8-13H2;1H. The number of morpholine rings is 1. The molecule has 1 aromatic heterocycles. The maximum absolute atomic E-state index is 5.36. The van der Waals surface area contributed by atoms with E-state index in [9.17, 15) is 0 Å². The summed E-state index contributed by atoms with van der Waals surface area (Å²) in [6.07, 6.45) is 1.95. The maximum atomic E-state index is 5.36. The summed E-state index contributed by atoms with van der Waals surface area (Å²) in [6.45, 7) is 5.52. The second-order valence-corrected chi connectivity index (χ2v) is 5.93. The molecule has 1 N–H and O–H groups in total. The highest BCUT2D eigenvalue weighted by molar-refractivity contribution is 5.90. The fraction of sp³-hybridized carbons (Fsp3) is 0.333. The number of nitrogens with one attached hydrogen (secondary N) is 1. The lowest BCUT2D eigenvalue weighted by Crippen LogP contribution is -2.39. The molecule has 0 radical (unpaired) electrons. The number of aromatic nitrogens is 3. The summed E-state index contributed by atoms with van der Waals surface area (Å²) in [5.74, 6) is 0.802. The van der Waals surface area contributed by atoms with Crippen LogP contribution in [0, 0.1) is 0 Å². The molecule has 1 fully saturated rings. The third kappa shape index (κ3) is 4.10. The molecule has 1 aliphatic heterocycles. The van der Waals surface area contributed by atoms with Crippen LogP contribution < -0.4 is 5.32 Å². The van der Waals surface area contributed by atoms with Crippen LogP contribution >= 0.6 is 12.4 Å². The Morgan fingerprint density at radius 3 is 2.72 bits per heavy atom. The summed E-state index contributed by atoms with van der Waals surface area (Å²) in [5.41, 5.74) is 1.04. The second-order valence-electron chi connectivity index (χ2n) is 5.93. The van der Waals surface area contributed by atoms with Crippen LogP contribution in [0.5, 0.6) is 0 Å². The van der Waals surface area contributed by atoms with E-state index in [0.29, 0.717) is 0 Å². The number of fused-ring (bicyclic) bond motifs is 1. The van der Waals surface area contributed by atoms with Crippen molar-refractivity contribution in [1.82, 2.24) is 19.9 Å². The Labute approximate surface area is 153 Å². The number of nitrogens with zero attached hydrogens (tertiary/aromatic N) is 4. The molecule has 0 spiro atoms. The van der Waals surface area contributed by atoms with Gasteiger partial charge >= 0.3 is 0 Å². The van der Waals surface area contributed by atoms with E-state index in [1.54, 1.807) is 0 Å². The van der Waals surface area contributed by atoms with Crippen molar-refractivity contribution in [3.05, 3.63) is 48.7 Å². The Morgan fingerprint density at radius 2 is 1.84 bits per heavy atom. The highest BCUT2D eigenvalue weighted by Gasteiger charge is 2.10. The zero-order chi connectivity index (χ0) is 16.2. The lowest BCUT2D eigenvalue weighted by molar-refractivity contribution is 0.0398. The molecule has 25 heavy (non-hydrogen) atoms. The van der Waals surface area contributed by atoms with Crippen molar-refractivity contribution in [1.29, 1.82) is 0 Å². The molecular formula is C18H22ClN5O. The molecule has 7 heteroatoms. The summed E-state index contributed by atoms with van der Waals surface area (Å²) in [4.78, 5) is 2.39. The molecule has 6 nitrogen and oxygen atoms in total. The Bertz CT molecular complexity index is 811. The van der Waals surface area contributed by atoms with Crippen LogP contribution in [-0.4, -0.2) is 59.3 Å². The topological polar surface area (TPSA) is 55.2 Å². The highest BCUT2D eigenvalue weighted by Crippen LogP contribution is 2.21. The number of anilines is 1. The zero-order valence-corrected chi connectivity index (χ0v) is 14.8. The first kappa shape index (κ1) is 17.7. The largest absolute Gasteiger partial charge is 0.379 e. The molecule has 132 valence electrons. The zero-order valence-electron chi connectivity index (χ0n) is 14.0. The minimum atomic E-state index is 0. The van der Waals surface area contributed by atoms with E-state index in [4.69, 9.17) is 4.74 Å². The number of ether oxygens (including phenoxy) is 1. The van der Waals surface area contributed by atoms with E-state index < -0.39 is 0 Å². The Kier molecular flexibility index (Phi) is 5.86. The van der Waals surface area contributed by atoms with Gasteiger partial charge in [0.05, 0.1) is 25.1 Å². The van der Waals surface area contributed by atoms with Crippen LogP contribution in [0.1, 0.15) is 0 Å². The number of rotatable bonds is 5. The first-order valence-corrected chi connectivity index (χ1v) is 8.35. The third-order valence-corrected chi connectivity index (χ3v) is 4.34. The molecule has 2 aromatic carbocycles. The molecule has 0 unspecified atom stereocenters. The molecule has 2 heterocycles. The van der Waals surface area contributed by atoms with Gasteiger partial charge in [-0.05, 0) is 11.5 Å². The first-order chi connectivity index (χ1) is 11.9. The Morgan fingerprint density at radius 1 is 1.04 bits per heavy atom. The monoisotopic (exact) mass is 359 g/mol. The van der Waals surface area contributed by atoms with E-state index in [1.807, 2.05) is 29.1 Å². The van der Waals surface area contributed by atoms with Gasteiger partial charge in [0.25, 0.3) is 0 Å². The predicted molar refractivity (Wildman–Crippen MR) is 102 cm³/mol. The van der Waals surface area contributed by atoms with E-state index in [-0.39, 0.29) is 12.4 Å². The summed E-state index contributed by atoms with van der Waals surface area (Å²) in [7, 11) is 0. The smallest absolute Gasteiger partial charge is 0.169 e. The van der Waals surface area contributed by atoms with Crippen molar-refractivity contribution in [2.24, 2.45) is 0 Å².